The number of para-hydroxylation sites is 1. The molecule has 0 aliphatic rings. The zero-order chi connectivity index (χ0) is 14.7. The lowest BCUT2D eigenvalue weighted by molar-refractivity contribution is 0.682. The number of nitriles is 1. The van der Waals surface area contributed by atoms with Gasteiger partial charge >= 0.3 is 0 Å². The number of pyridine rings is 1. The van der Waals surface area contributed by atoms with Crippen LogP contribution in [0.15, 0.2) is 42.7 Å². The maximum atomic E-state index is 9.09. The topological polar surface area (TPSA) is 54.5 Å². The summed E-state index contributed by atoms with van der Waals surface area (Å²) < 4.78 is 1.98. The average molecular weight is 274 g/mol. The second-order valence-corrected chi connectivity index (χ2v) is 4.63. The van der Waals surface area contributed by atoms with E-state index >= 15 is 0 Å². The molecule has 0 fully saturated rings. The van der Waals surface area contributed by atoms with Crippen molar-refractivity contribution in [1.29, 1.82) is 5.26 Å². The lowest BCUT2D eigenvalue weighted by atomic mass is 10.1. The van der Waals surface area contributed by atoms with Gasteiger partial charge in [-0.15, -0.1) is 0 Å². The van der Waals surface area contributed by atoms with Gasteiger partial charge in [-0.05, 0) is 30.7 Å². The Morgan fingerprint density at radius 1 is 1.24 bits per heavy atom. The third-order valence-corrected chi connectivity index (χ3v) is 3.38. The SMILES string of the molecule is CCn1nc(C=Cc2ccncc2C#N)c2ccccc21. The molecule has 0 atom stereocenters. The Bertz CT molecular complexity index is 853. The van der Waals surface area contributed by atoms with Crippen LogP contribution in [0.1, 0.15) is 23.7 Å². The lowest BCUT2D eigenvalue weighted by Gasteiger charge is -1.95. The van der Waals surface area contributed by atoms with E-state index in [2.05, 4.69) is 35.2 Å². The van der Waals surface area contributed by atoms with Crippen molar-refractivity contribution in [3.63, 3.8) is 0 Å². The molecule has 3 aromatic rings. The number of nitrogens with zero attached hydrogens (tertiary/aromatic N) is 4. The van der Waals surface area contributed by atoms with Crippen LogP contribution < -0.4 is 0 Å². The fourth-order valence-electron chi connectivity index (χ4n) is 2.33. The summed E-state index contributed by atoms with van der Waals surface area (Å²) in [6.45, 7) is 2.90. The first-order chi connectivity index (χ1) is 10.3. The van der Waals surface area contributed by atoms with Crippen molar-refractivity contribution in [3.8, 4) is 6.07 Å². The highest BCUT2D eigenvalue weighted by atomic mass is 15.3. The predicted molar refractivity (Wildman–Crippen MR) is 83.3 cm³/mol. The van der Waals surface area contributed by atoms with Gasteiger partial charge in [-0.3, -0.25) is 9.67 Å². The van der Waals surface area contributed by atoms with Crippen molar-refractivity contribution in [2.24, 2.45) is 0 Å². The molecule has 21 heavy (non-hydrogen) atoms. The first kappa shape index (κ1) is 13.1. The Labute approximate surface area is 123 Å². The molecule has 1 aromatic carbocycles. The molecule has 0 bridgehead atoms. The van der Waals surface area contributed by atoms with E-state index in [1.165, 1.54) is 0 Å². The van der Waals surface area contributed by atoms with Gasteiger partial charge in [0.1, 0.15) is 6.07 Å². The molecular weight excluding hydrogens is 260 g/mol. The van der Waals surface area contributed by atoms with Crippen molar-refractivity contribution < 1.29 is 0 Å². The maximum absolute atomic E-state index is 9.09. The van der Waals surface area contributed by atoms with Crippen molar-refractivity contribution in [1.82, 2.24) is 14.8 Å². The van der Waals surface area contributed by atoms with E-state index in [1.807, 2.05) is 35.0 Å². The van der Waals surface area contributed by atoms with Gasteiger partial charge in [-0.25, -0.2) is 0 Å². The fourth-order valence-corrected chi connectivity index (χ4v) is 2.33. The summed E-state index contributed by atoms with van der Waals surface area (Å²) in [4.78, 5) is 3.96. The number of fused-ring (bicyclic) bond motifs is 1. The van der Waals surface area contributed by atoms with Crippen LogP contribution in [-0.4, -0.2) is 14.8 Å². The number of hydrogen-bond donors (Lipinski definition) is 0. The molecule has 102 valence electrons. The van der Waals surface area contributed by atoms with Crippen LogP contribution in [0.3, 0.4) is 0 Å². The second-order valence-electron chi connectivity index (χ2n) is 4.63. The molecule has 2 heterocycles. The number of benzene rings is 1. The first-order valence-electron chi connectivity index (χ1n) is 6.81. The number of hydrogen-bond acceptors (Lipinski definition) is 3. The smallest absolute Gasteiger partial charge is 0.101 e. The van der Waals surface area contributed by atoms with Crippen LogP contribution in [0, 0.1) is 11.3 Å². The summed E-state index contributed by atoms with van der Waals surface area (Å²) in [7, 11) is 0. The van der Waals surface area contributed by atoms with E-state index in [-0.39, 0.29) is 0 Å². The minimum Gasteiger partial charge on any atom is -0.265 e. The van der Waals surface area contributed by atoms with Crippen molar-refractivity contribution >= 4 is 23.1 Å². The van der Waals surface area contributed by atoms with Gasteiger partial charge in [-0.2, -0.15) is 10.4 Å². The molecule has 0 radical (unpaired) electrons. The largest absolute Gasteiger partial charge is 0.265 e. The van der Waals surface area contributed by atoms with E-state index in [1.54, 1.807) is 12.4 Å². The Morgan fingerprint density at radius 3 is 2.90 bits per heavy atom. The van der Waals surface area contributed by atoms with Crippen molar-refractivity contribution in [2.75, 3.05) is 0 Å². The van der Waals surface area contributed by atoms with Crippen LogP contribution in [-0.2, 0) is 6.54 Å². The Hall–Kier alpha value is -2.93. The van der Waals surface area contributed by atoms with Crippen molar-refractivity contribution in [2.45, 2.75) is 13.5 Å². The molecule has 0 aliphatic carbocycles. The summed E-state index contributed by atoms with van der Waals surface area (Å²) in [6, 6.07) is 12.1. The number of rotatable bonds is 3. The van der Waals surface area contributed by atoms with Gasteiger partial charge < -0.3 is 0 Å². The zero-order valence-electron chi connectivity index (χ0n) is 11.7. The summed E-state index contributed by atoms with van der Waals surface area (Å²) >= 11 is 0. The molecule has 0 saturated heterocycles. The average Bonchev–Trinajstić information content (AvgIpc) is 2.91. The van der Waals surface area contributed by atoms with Crippen LogP contribution in [0.2, 0.25) is 0 Å². The first-order valence-corrected chi connectivity index (χ1v) is 6.81. The molecule has 0 amide bonds. The van der Waals surface area contributed by atoms with E-state index in [4.69, 9.17) is 5.26 Å². The van der Waals surface area contributed by atoms with Crippen LogP contribution in [0.25, 0.3) is 23.1 Å². The van der Waals surface area contributed by atoms with Gasteiger partial charge in [0.2, 0.25) is 0 Å². The third kappa shape index (κ3) is 2.41. The van der Waals surface area contributed by atoms with E-state index < -0.39 is 0 Å². The van der Waals surface area contributed by atoms with Crippen molar-refractivity contribution in [3.05, 3.63) is 59.5 Å². The Morgan fingerprint density at radius 2 is 2.10 bits per heavy atom. The second kappa shape index (κ2) is 5.59. The minimum atomic E-state index is 0.563. The van der Waals surface area contributed by atoms with Gasteiger partial charge in [0, 0.05) is 24.3 Å². The van der Waals surface area contributed by atoms with E-state index in [0.717, 1.165) is 28.7 Å². The Balaban J connectivity index is 2.06. The van der Waals surface area contributed by atoms with Crippen LogP contribution in [0.5, 0.6) is 0 Å². The van der Waals surface area contributed by atoms with E-state index in [9.17, 15) is 0 Å². The number of aryl methyl sites for hydroxylation is 1. The number of aromatic nitrogens is 3. The van der Waals surface area contributed by atoms with Crippen LogP contribution >= 0.6 is 0 Å². The molecule has 0 unspecified atom stereocenters. The quantitative estimate of drug-likeness (QED) is 0.734. The lowest BCUT2D eigenvalue weighted by Crippen LogP contribution is -1.95. The minimum absolute atomic E-state index is 0.563. The van der Waals surface area contributed by atoms with Crippen LogP contribution in [0.4, 0.5) is 0 Å². The molecule has 2 aromatic heterocycles. The van der Waals surface area contributed by atoms with E-state index in [0.29, 0.717) is 5.56 Å². The third-order valence-electron chi connectivity index (χ3n) is 3.38. The predicted octanol–water partition coefficient (Wildman–Crippen LogP) is 3.49. The molecule has 3 rings (SSSR count). The highest BCUT2D eigenvalue weighted by molar-refractivity contribution is 5.90. The molecule has 0 N–H and O–H groups in total. The summed E-state index contributed by atoms with van der Waals surface area (Å²) in [5.41, 5.74) is 3.44. The summed E-state index contributed by atoms with van der Waals surface area (Å²) in [5.74, 6) is 0. The highest BCUT2D eigenvalue weighted by Crippen LogP contribution is 2.20. The molecule has 4 nitrogen and oxygen atoms in total. The highest BCUT2D eigenvalue weighted by Gasteiger charge is 2.06. The summed E-state index contributed by atoms with van der Waals surface area (Å²) in [5, 5.41) is 14.8. The normalized spacial score (nSPS) is 11.0. The van der Waals surface area contributed by atoms with Gasteiger partial charge in [0.25, 0.3) is 0 Å². The standard InChI is InChI=1S/C17H14N4/c1-2-21-17-6-4-3-5-15(17)16(20-21)8-7-13-9-10-19-12-14(13)11-18/h3-10,12H,2H2,1H3. The van der Waals surface area contributed by atoms with Gasteiger partial charge in [0.05, 0.1) is 16.8 Å². The fraction of sp³-hybridized carbons (Fsp3) is 0.118. The molecule has 0 saturated carbocycles. The zero-order valence-corrected chi connectivity index (χ0v) is 11.7. The monoisotopic (exact) mass is 274 g/mol. The maximum Gasteiger partial charge on any atom is 0.101 e. The molecule has 0 aliphatic heterocycles. The molecule has 0 spiro atoms. The van der Waals surface area contributed by atoms with Gasteiger partial charge in [0.15, 0.2) is 0 Å². The molecular formula is C17H14N4. The van der Waals surface area contributed by atoms with Gasteiger partial charge in [-0.1, -0.05) is 24.3 Å². The molecule has 4 heteroatoms. The Kier molecular flexibility index (Phi) is 3.48. The summed E-state index contributed by atoms with van der Waals surface area (Å²) in [6.07, 6.45) is 7.12.